The quantitative estimate of drug-likeness (QED) is 0.835. The van der Waals surface area contributed by atoms with Crippen LogP contribution in [0.15, 0.2) is 42.5 Å². The van der Waals surface area contributed by atoms with Crippen molar-refractivity contribution in [2.75, 3.05) is 17.2 Å². The SMILES string of the molecule is Nc1cccc2c1CCCN2Cc1ccccc1F. The van der Waals surface area contributed by atoms with Crippen LogP contribution in [0.25, 0.3) is 0 Å². The molecule has 19 heavy (non-hydrogen) atoms. The lowest BCUT2D eigenvalue weighted by molar-refractivity contribution is 0.598. The third-order valence-corrected chi connectivity index (χ3v) is 3.70. The van der Waals surface area contributed by atoms with Gasteiger partial charge in [-0.1, -0.05) is 24.3 Å². The number of hydrogen-bond donors (Lipinski definition) is 1. The number of halogens is 1. The minimum atomic E-state index is -0.140. The van der Waals surface area contributed by atoms with Crippen LogP contribution in [-0.4, -0.2) is 6.54 Å². The summed E-state index contributed by atoms with van der Waals surface area (Å²) >= 11 is 0. The lowest BCUT2D eigenvalue weighted by Gasteiger charge is -2.32. The molecule has 2 nitrogen and oxygen atoms in total. The van der Waals surface area contributed by atoms with Gasteiger partial charge in [-0.2, -0.15) is 0 Å². The fourth-order valence-corrected chi connectivity index (χ4v) is 2.72. The average Bonchev–Trinajstić information content (AvgIpc) is 2.42. The summed E-state index contributed by atoms with van der Waals surface area (Å²) in [6.45, 7) is 1.55. The van der Waals surface area contributed by atoms with Crippen LogP contribution < -0.4 is 10.6 Å². The summed E-state index contributed by atoms with van der Waals surface area (Å²) in [5.74, 6) is -0.140. The first-order valence-corrected chi connectivity index (χ1v) is 6.61. The highest BCUT2D eigenvalue weighted by molar-refractivity contribution is 5.66. The van der Waals surface area contributed by atoms with Crippen LogP contribution in [0.4, 0.5) is 15.8 Å². The zero-order valence-corrected chi connectivity index (χ0v) is 10.8. The van der Waals surface area contributed by atoms with Gasteiger partial charge in [0.25, 0.3) is 0 Å². The molecule has 98 valence electrons. The van der Waals surface area contributed by atoms with Crippen LogP contribution >= 0.6 is 0 Å². The second-order valence-corrected chi connectivity index (χ2v) is 4.96. The molecule has 0 fully saturated rings. The lowest BCUT2D eigenvalue weighted by Crippen LogP contribution is -2.29. The van der Waals surface area contributed by atoms with Crippen LogP contribution in [0.1, 0.15) is 17.5 Å². The fraction of sp³-hybridized carbons (Fsp3) is 0.250. The minimum absolute atomic E-state index is 0.140. The Morgan fingerprint density at radius 3 is 2.79 bits per heavy atom. The van der Waals surface area contributed by atoms with E-state index in [-0.39, 0.29) is 5.82 Å². The van der Waals surface area contributed by atoms with Crippen LogP contribution in [0.3, 0.4) is 0 Å². The van der Waals surface area contributed by atoms with E-state index in [1.165, 1.54) is 11.6 Å². The summed E-state index contributed by atoms with van der Waals surface area (Å²) < 4.78 is 13.7. The Kier molecular flexibility index (Phi) is 3.11. The zero-order chi connectivity index (χ0) is 13.2. The van der Waals surface area contributed by atoms with Crippen LogP contribution in [0.5, 0.6) is 0 Å². The molecule has 0 spiro atoms. The van der Waals surface area contributed by atoms with E-state index in [1.807, 2.05) is 24.3 Å². The van der Waals surface area contributed by atoms with Crippen molar-refractivity contribution in [3.05, 3.63) is 59.4 Å². The number of anilines is 2. The van der Waals surface area contributed by atoms with Crippen molar-refractivity contribution >= 4 is 11.4 Å². The van der Waals surface area contributed by atoms with Gasteiger partial charge >= 0.3 is 0 Å². The van der Waals surface area contributed by atoms with E-state index in [0.29, 0.717) is 6.54 Å². The number of nitrogen functional groups attached to an aromatic ring is 1. The van der Waals surface area contributed by atoms with Gasteiger partial charge in [-0.25, -0.2) is 4.39 Å². The molecule has 0 atom stereocenters. The highest BCUT2D eigenvalue weighted by atomic mass is 19.1. The maximum Gasteiger partial charge on any atom is 0.128 e. The predicted molar refractivity (Wildman–Crippen MR) is 76.6 cm³/mol. The Morgan fingerprint density at radius 1 is 1.11 bits per heavy atom. The minimum Gasteiger partial charge on any atom is -0.398 e. The Bertz CT molecular complexity index is 595. The van der Waals surface area contributed by atoms with Crippen molar-refractivity contribution in [3.63, 3.8) is 0 Å². The van der Waals surface area contributed by atoms with Crippen LogP contribution in [0, 0.1) is 5.82 Å². The predicted octanol–water partition coefficient (Wildman–Crippen LogP) is 3.36. The molecule has 3 heteroatoms. The molecular formula is C16H17FN2. The summed E-state index contributed by atoms with van der Waals surface area (Å²) in [7, 11) is 0. The first-order valence-electron chi connectivity index (χ1n) is 6.61. The molecule has 0 radical (unpaired) electrons. The molecule has 0 bridgehead atoms. The normalized spacial score (nSPS) is 14.3. The monoisotopic (exact) mass is 256 g/mol. The maximum absolute atomic E-state index is 13.7. The third kappa shape index (κ3) is 2.28. The molecule has 2 aromatic rings. The third-order valence-electron chi connectivity index (χ3n) is 3.70. The van der Waals surface area contributed by atoms with E-state index in [1.54, 1.807) is 6.07 Å². The van der Waals surface area contributed by atoms with E-state index in [4.69, 9.17) is 5.73 Å². The number of rotatable bonds is 2. The van der Waals surface area contributed by atoms with Crippen LogP contribution in [0.2, 0.25) is 0 Å². The zero-order valence-electron chi connectivity index (χ0n) is 10.8. The van der Waals surface area contributed by atoms with Gasteiger partial charge in [-0.05, 0) is 36.6 Å². The number of fused-ring (bicyclic) bond motifs is 1. The van der Waals surface area contributed by atoms with Crippen LogP contribution in [-0.2, 0) is 13.0 Å². The van der Waals surface area contributed by atoms with Gasteiger partial charge < -0.3 is 10.6 Å². The van der Waals surface area contributed by atoms with Crippen molar-refractivity contribution in [2.45, 2.75) is 19.4 Å². The average molecular weight is 256 g/mol. The molecule has 0 aromatic heterocycles. The molecule has 2 N–H and O–H groups in total. The number of nitrogens with zero attached hydrogens (tertiary/aromatic N) is 1. The standard InChI is InChI=1S/C16H17FN2/c17-14-7-2-1-5-12(14)11-19-10-4-6-13-15(18)8-3-9-16(13)19/h1-3,5,7-9H,4,6,10-11,18H2. The highest BCUT2D eigenvalue weighted by Crippen LogP contribution is 2.32. The molecule has 1 heterocycles. The van der Waals surface area contributed by atoms with E-state index < -0.39 is 0 Å². The van der Waals surface area contributed by atoms with Crippen molar-refractivity contribution < 1.29 is 4.39 Å². The van der Waals surface area contributed by atoms with Gasteiger partial charge in [0.05, 0.1) is 0 Å². The first-order chi connectivity index (χ1) is 9.25. The molecule has 2 aromatic carbocycles. The van der Waals surface area contributed by atoms with E-state index in [0.717, 1.165) is 36.3 Å². The summed E-state index contributed by atoms with van der Waals surface area (Å²) in [4.78, 5) is 2.22. The van der Waals surface area contributed by atoms with Gasteiger partial charge in [0, 0.05) is 30.0 Å². The Labute approximate surface area is 112 Å². The van der Waals surface area contributed by atoms with Gasteiger partial charge in [-0.3, -0.25) is 0 Å². The second-order valence-electron chi connectivity index (χ2n) is 4.96. The largest absolute Gasteiger partial charge is 0.398 e. The Morgan fingerprint density at radius 2 is 1.95 bits per heavy atom. The summed E-state index contributed by atoms with van der Waals surface area (Å²) in [5.41, 5.74) is 9.95. The highest BCUT2D eigenvalue weighted by Gasteiger charge is 2.19. The molecule has 0 unspecified atom stereocenters. The van der Waals surface area contributed by atoms with Gasteiger partial charge in [0.15, 0.2) is 0 Å². The van der Waals surface area contributed by atoms with E-state index in [9.17, 15) is 4.39 Å². The molecule has 0 saturated heterocycles. The first kappa shape index (κ1) is 12.0. The van der Waals surface area contributed by atoms with Gasteiger partial charge in [0.1, 0.15) is 5.82 Å². The smallest absolute Gasteiger partial charge is 0.128 e. The lowest BCUT2D eigenvalue weighted by atomic mass is 9.99. The Balaban J connectivity index is 1.92. The molecule has 0 saturated carbocycles. The molecular weight excluding hydrogens is 239 g/mol. The van der Waals surface area contributed by atoms with Crippen molar-refractivity contribution in [2.24, 2.45) is 0 Å². The van der Waals surface area contributed by atoms with Crippen molar-refractivity contribution in [1.29, 1.82) is 0 Å². The van der Waals surface area contributed by atoms with Crippen molar-refractivity contribution in [3.8, 4) is 0 Å². The number of benzene rings is 2. The molecule has 1 aliphatic heterocycles. The number of hydrogen-bond acceptors (Lipinski definition) is 2. The molecule has 3 rings (SSSR count). The molecule has 0 aliphatic carbocycles. The fourth-order valence-electron chi connectivity index (χ4n) is 2.72. The topological polar surface area (TPSA) is 29.3 Å². The molecule has 0 amide bonds. The van der Waals surface area contributed by atoms with Gasteiger partial charge in [0.2, 0.25) is 0 Å². The molecule has 1 aliphatic rings. The van der Waals surface area contributed by atoms with E-state index >= 15 is 0 Å². The summed E-state index contributed by atoms with van der Waals surface area (Å²) in [5, 5.41) is 0. The van der Waals surface area contributed by atoms with E-state index in [2.05, 4.69) is 11.0 Å². The maximum atomic E-state index is 13.7. The summed E-state index contributed by atoms with van der Waals surface area (Å²) in [6.07, 6.45) is 2.07. The number of nitrogens with two attached hydrogens (primary N) is 1. The second kappa shape index (κ2) is 4.92. The van der Waals surface area contributed by atoms with Gasteiger partial charge in [-0.15, -0.1) is 0 Å². The summed E-state index contributed by atoms with van der Waals surface area (Å²) in [6, 6.07) is 12.9. The Hall–Kier alpha value is -2.03. The van der Waals surface area contributed by atoms with Crippen molar-refractivity contribution in [1.82, 2.24) is 0 Å².